The monoisotopic (exact) mass is 194 g/mol. The fourth-order valence-electron chi connectivity index (χ4n) is 0.872. The van der Waals surface area contributed by atoms with Crippen LogP contribution in [0.5, 0.6) is 0 Å². The predicted molar refractivity (Wildman–Crippen MR) is 59.7 cm³/mol. The molecule has 0 atom stereocenters. The van der Waals surface area contributed by atoms with Crippen molar-refractivity contribution in [2.45, 2.75) is 6.92 Å². The minimum Gasteiger partial charge on any atom is -0.290 e. The molecule has 0 unspecified atom stereocenters. The van der Waals surface area contributed by atoms with Crippen LogP contribution in [-0.4, -0.2) is 29.2 Å². The first kappa shape index (κ1) is 10.3. The Morgan fingerprint density at radius 3 is 3.15 bits per heavy atom. The van der Waals surface area contributed by atoms with Gasteiger partial charge >= 0.3 is 0 Å². The van der Waals surface area contributed by atoms with E-state index in [0.717, 1.165) is 18.0 Å². The molecule has 0 saturated heterocycles. The molecule has 1 heterocycles. The van der Waals surface area contributed by atoms with Crippen molar-refractivity contribution >= 4 is 18.0 Å². The molecule has 0 aliphatic heterocycles. The van der Waals surface area contributed by atoms with Crippen molar-refractivity contribution in [1.29, 1.82) is 0 Å². The first-order valence-corrected chi connectivity index (χ1v) is 5.57. The van der Waals surface area contributed by atoms with Gasteiger partial charge in [0.15, 0.2) is 0 Å². The van der Waals surface area contributed by atoms with E-state index >= 15 is 0 Å². The van der Waals surface area contributed by atoms with Crippen molar-refractivity contribution in [3.63, 3.8) is 0 Å². The van der Waals surface area contributed by atoms with Crippen LogP contribution in [0.1, 0.15) is 12.6 Å². The Morgan fingerprint density at radius 2 is 2.46 bits per heavy atom. The summed E-state index contributed by atoms with van der Waals surface area (Å²) in [6.07, 6.45) is 3.61. The molecule has 0 aliphatic rings. The largest absolute Gasteiger partial charge is 0.290 e. The SMILES string of the molecule is CCSCC/N=C/c1ccccn1. The fourth-order valence-corrected chi connectivity index (χ4v) is 1.40. The number of aromatic nitrogens is 1. The van der Waals surface area contributed by atoms with Gasteiger partial charge in [0.05, 0.1) is 5.69 Å². The number of pyridine rings is 1. The second-order valence-electron chi connectivity index (χ2n) is 2.49. The fraction of sp³-hybridized carbons (Fsp3) is 0.400. The Bertz CT molecular complexity index is 246. The average Bonchev–Trinajstić information content (AvgIpc) is 2.19. The molecule has 0 spiro atoms. The van der Waals surface area contributed by atoms with Crippen molar-refractivity contribution in [1.82, 2.24) is 4.98 Å². The molecule has 0 fully saturated rings. The van der Waals surface area contributed by atoms with Crippen molar-refractivity contribution in [2.24, 2.45) is 4.99 Å². The summed E-state index contributed by atoms with van der Waals surface area (Å²) < 4.78 is 0. The van der Waals surface area contributed by atoms with E-state index in [1.165, 1.54) is 5.75 Å². The van der Waals surface area contributed by atoms with Gasteiger partial charge in [0.1, 0.15) is 0 Å². The van der Waals surface area contributed by atoms with Crippen LogP contribution in [0.4, 0.5) is 0 Å². The summed E-state index contributed by atoms with van der Waals surface area (Å²) >= 11 is 1.91. The van der Waals surface area contributed by atoms with E-state index in [1.807, 2.05) is 36.2 Å². The van der Waals surface area contributed by atoms with Gasteiger partial charge in [0, 0.05) is 24.7 Å². The van der Waals surface area contributed by atoms with E-state index < -0.39 is 0 Å². The Kier molecular flexibility index (Phi) is 5.25. The highest BCUT2D eigenvalue weighted by molar-refractivity contribution is 7.99. The molecule has 13 heavy (non-hydrogen) atoms. The van der Waals surface area contributed by atoms with Crippen LogP contribution in [-0.2, 0) is 0 Å². The molecule has 0 N–H and O–H groups in total. The highest BCUT2D eigenvalue weighted by Gasteiger charge is 1.85. The molecular formula is C10H14N2S. The summed E-state index contributed by atoms with van der Waals surface area (Å²) in [5, 5.41) is 0. The third kappa shape index (κ3) is 4.68. The van der Waals surface area contributed by atoms with Crippen molar-refractivity contribution in [2.75, 3.05) is 18.1 Å². The molecule has 0 saturated carbocycles. The van der Waals surface area contributed by atoms with Crippen LogP contribution in [0.15, 0.2) is 29.4 Å². The molecular weight excluding hydrogens is 180 g/mol. The zero-order valence-corrected chi connectivity index (χ0v) is 8.63. The van der Waals surface area contributed by atoms with Crippen LogP contribution in [0.25, 0.3) is 0 Å². The lowest BCUT2D eigenvalue weighted by molar-refractivity contribution is 1.15. The molecule has 0 bridgehead atoms. The van der Waals surface area contributed by atoms with E-state index in [1.54, 1.807) is 6.20 Å². The Labute approximate surface area is 83.5 Å². The lowest BCUT2D eigenvalue weighted by Crippen LogP contribution is -1.89. The topological polar surface area (TPSA) is 25.2 Å². The maximum Gasteiger partial charge on any atom is 0.0807 e. The molecule has 1 aromatic heterocycles. The van der Waals surface area contributed by atoms with Gasteiger partial charge in [-0.25, -0.2) is 0 Å². The summed E-state index contributed by atoms with van der Waals surface area (Å²) in [4.78, 5) is 8.41. The molecule has 2 nitrogen and oxygen atoms in total. The first-order chi connectivity index (χ1) is 6.43. The Balaban J connectivity index is 2.25. The van der Waals surface area contributed by atoms with Gasteiger partial charge in [0.2, 0.25) is 0 Å². The summed E-state index contributed by atoms with van der Waals surface area (Å²) in [6, 6.07) is 5.83. The van der Waals surface area contributed by atoms with Crippen LogP contribution >= 0.6 is 11.8 Å². The van der Waals surface area contributed by atoms with E-state index in [4.69, 9.17) is 0 Å². The Hall–Kier alpha value is -0.830. The van der Waals surface area contributed by atoms with Crippen molar-refractivity contribution in [3.05, 3.63) is 30.1 Å². The minimum atomic E-state index is 0.884. The standard InChI is InChI=1S/C10H14N2S/c1-2-13-8-7-11-9-10-5-3-4-6-12-10/h3-6,9H,2,7-8H2,1H3/b11-9+. The average molecular weight is 194 g/mol. The molecule has 3 heteroatoms. The molecule has 70 valence electrons. The lowest BCUT2D eigenvalue weighted by Gasteiger charge is -1.92. The molecule has 0 aromatic carbocycles. The molecule has 1 rings (SSSR count). The second kappa shape index (κ2) is 6.66. The second-order valence-corrected chi connectivity index (χ2v) is 3.88. The zero-order chi connectivity index (χ0) is 9.36. The maximum absolute atomic E-state index is 4.27. The smallest absolute Gasteiger partial charge is 0.0807 e. The number of aliphatic imine (C=N–C) groups is 1. The number of hydrogen-bond acceptors (Lipinski definition) is 3. The van der Waals surface area contributed by atoms with Crippen LogP contribution < -0.4 is 0 Å². The highest BCUT2D eigenvalue weighted by atomic mass is 32.2. The van der Waals surface area contributed by atoms with E-state index in [2.05, 4.69) is 16.9 Å². The van der Waals surface area contributed by atoms with Crippen LogP contribution in [0.2, 0.25) is 0 Å². The predicted octanol–water partition coefficient (Wildman–Crippen LogP) is 2.25. The van der Waals surface area contributed by atoms with Gasteiger partial charge in [-0.05, 0) is 17.9 Å². The van der Waals surface area contributed by atoms with Gasteiger partial charge in [-0.3, -0.25) is 9.98 Å². The molecule has 1 aromatic rings. The minimum absolute atomic E-state index is 0.884. The van der Waals surface area contributed by atoms with Gasteiger partial charge in [-0.1, -0.05) is 13.0 Å². The third-order valence-electron chi connectivity index (χ3n) is 1.48. The van der Waals surface area contributed by atoms with Crippen molar-refractivity contribution < 1.29 is 0 Å². The van der Waals surface area contributed by atoms with E-state index in [-0.39, 0.29) is 0 Å². The lowest BCUT2D eigenvalue weighted by atomic mass is 10.4. The summed E-state index contributed by atoms with van der Waals surface area (Å²) in [6.45, 7) is 3.04. The van der Waals surface area contributed by atoms with Gasteiger partial charge in [-0.2, -0.15) is 11.8 Å². The van der Waals surface area contributed by atoms with E-state index in [9.17, 15) is 0 Å². The number of rotatable bonds is 5. The molecule has 0 radical (unpaired) electrons. The Morgan fingerprint density at radius 1 is 1.54 bits per heavy atom. The zero-order valence-electron chi connectivity index (χ0n) is 7.81. The van der Waals surface area contributed by atoms with E-state index in [0.29, 0.717) is 0 Å². The van der Waals surface area contributed by atoms with Crippen LogP contribution in [0.3, 0.4) is 0 Å². The van der Waals surface area contributed by atoms with Crippen LogP contribution in [0, 0.1) is 0 Å². The van der Waals surface area contributed by atoms with Crippen molar-refractivity contribution in [3.8, 4) is 0 Å². The number of thioether (sulfide) groups is 1. The highest BCUT2D eigenvalue weighted by Crippen LogP contribution is 1.97. The molecule has 0 amide bonds. The van der Waals surface area contributed by atoms with Gasteiger partial charge in [0.25, 0.3) is 0 Å². The number of hydrogen-bond donors (Lipinski definition) is 0. The van der Waals surface area contributed by atoms with Gasteiger partial charge < -0.3 is 0 Å². The summed E-state index contributed by atoms with van der Waals surface area (Å²) in [7, 11) is 0. The summed E-state index contributed by atoms with van der Waals surface area (Å²) in [5.41, 5.74) is 0.934. The quantitative estimate of drug-likeness (QED) is 0.530. The van der Waals surface area contributed by atoms with Gasteiger partial charge in [-0.15, -0.1) is 0 Å². The molecule has 0 aliphatic carbocycles. The third-order valence-corrected chi connectivity index (χ3v) is 2.36. The first-order valence-electron chi connectivity index (χ1n) is 4.42. The normalized spacial score (nSPS) is 10.8. The maximum atomic E-state index is 4.27. The number of nitrogens with zero attached hydrogens (tertiary/aromatic N) is 2. The summed E-state index contributed by atoms with van der Waals surface area (Å²) in [5.74, 6) is 2.26.